The number of carbonyl (C=O) groups is 1. The number of benzene rings is 1. The van der Waals surface area contributed by atoms with Gasteiger partial charge in [0.2, 0.25) is 5.91 Å². The van der Waals surface area contributed by atoms with Gasteiger partial charge in [0.15, 0.2) is 0 Å². The van der Waals surface area contributed by atoms with Crippen LogP contribution in [0.2, 0.25) is 10.0 Å². The summed E-state index contributed by atoms with van der Waals surface area (Å²) in [5.41, 5.74) is 0.991. The molecule has 1 amide bonds. The Morgan fingerprint density at radius 3 is 2.82 bits per heavy atom. The Morgan fingerprint density at radius 2 is 2.18 bits per heavy atom. The van der Waals surface area contributed by atoms with Gasteiger partial charge in [-0.15, -0.1) is 0 Å². The van der Waals surface area contributed by atoms with Gasteiger partial charge in [0.1, 0.15) is 0 Å². The van der Waals surface area contributed by atoms with Crippen LogP contribution >= 0.6 is 39.1 Å². The summed E-state index contributed by atoms with van der Waals surface area (Å²) in [7, 11) is 0. The molecule has 1 atom stereocenters. The van der Waals surface area contributed by atoms with Crippen molar-refractivity contribution in [1.82, 2.24) is 4.90 Å². The Kier molecular flexibility index (Phi) is 4.34. The van der Waals surface area contributed by atoms with Crippen LogP contribution in [-0.2, 0) is 11.2 Å². The number of hydrogen-bond acceptors (Lipinski definition) is 1. The van der Waals surface area contributed by atoms with Crippen molar-refractivity contribution in [2.45, 2.75) is 17.7 Å². The average molecular weight is 337 g/mol. The highest BCUT2D eigenvalue weighted by atomic mass is 79.9. The van der Waals surface area contributed by atoms with Crippen molar-refractivity contribution >= 4 is 45.0 Å². The average Bonchev–Trinajstić information content (AvgIpc) is 2.60. The fourth-order valence-electron chi connectivity index (χ4n) is 1.94. The SMILES string of the molecule is O=C1CC(Br)CN1CCc1cccc(Cl)c1Cl. The summed E-state index contributed by atoms with van der Waals surface area (Å²) < 4.78 is 0. The first-order valence-corrected chi connectivity index (χ1v) is 7.10. The number of nitrogens with zero attached hydrogens (tertiary/aromatic N) is 1. The van der Waals surface area contributed by atoms with Crippen molar-refractivity contribution in [3.8, 4) is 0 Å². The first-order chi connectivity index (χ1) is 8.08. The number of likely N-dealkylation sites (tertiary alicyclic amines) is 1. The van der Waals surface area contributed by atoms with Crippen LogP contribution in [0.5, 0.6) is 0 Å². The second-order valence-corrected chi connectivity index (χ2v) is 6.18. The molecule has 0 saturated carbocycles. The molecule has 1 aromatic carbocycles. The molecule has 1 saturated heterocycles. The maximum Gasteiger partial charge on any atom is 0.223 e. The van der Waals surface area contributed by atoms with Gasteiger partial charge in [0, 0.05) is 24.3 Å². The Hall–Kier alpha value is -0.250. The molecular formula is C12H12BrCl2NO. The van der Waals surface area contributed by atoms with Crippen molar-refractivity contribution in [3.05, 3.63) is 33.8 Å². The molecule has 0 aliphatic carbocycles. The number of carbonyl (C=O) groups excluding carboxylic acids is 1. The second kappa shape index (κ2) is 5.59. The van der Waals surface area contributed by atoms with Gasteiger partial charge in [0.05, 0.1) is 10.0 Å². The van der Waals surface area contributed by atoms with Crippen LogP contribution in [0.25, 0.3) is 0 Å². The van der Waals surface area contributed by atoms with Crippen molar-refractivity contribution in [2.75, 3.05) is 13.1 Å². The van der Waals surface area contributed by atoms with E-state index in [1.165, 1.54) is 0 Å². The van der Waals surface area contributed by atoms with Crippen LogP contribution in [0, 0.1) is 0 Å². The summed E-state index contributed by atoms with van der Waals surface area (Å²) in [5, 5.41) is 1.16. The highest BCUT2D eigenvalue weighted by Gasteiger charge is 2.27. The van der Waals surface area contributed by atoms with E-state index in [0.29, 0.717) is 23.0 Å². The second-order valence-electron chi connectivity index (χ2n) is 4.10. The Bertz CT molecular complexity index is 439. The van der Waals surface area contributed by atoms with E-state index in [0.717, 1.165) is 18.5 Å². The van der Waals surface area contributed by atoms with Gasteiger partial charge in [-0.1, -0.05) is 51.3 Å². The van der Waals surface area contributed by atoms with Gasteiger partial charge >= 0.3 is 0 Å². The van der Waals surface area contributed by atoms with Gasteiger partial charge < -0.3 is 4.90 Å². The van der Waals surface area contributed by atoms with E-state index < -0.39 is 0 Å². The molecule has 1 aromatic rings. The van der Waals surface area contributed by atoms with Crippen molar-refractivity contribution in [3.63, 3.8) is 0 Å². The molecular weight excluding hydrogens is 325 g/mol. The normalized spacial score (nSPS) is 20.1. The van der Waals surface area contributed by atoms with Crippen molar-refractivity contribution in [2.24, 2.45) is 0 Å². The Balaban J connectivity index is 1.98. The lowest BCUT2D eigenvalue weighted by molar-refractivity contribution is -0.127. The zero-order chi connectivity index (χ0) is 12.4. The number of amides is 1. The van der Waals surface area contributed by atoms with Gasteiger partial charge in [0.25, 0.3) is 0 Å². The summed E-state index contributed by atoms with van der Waals surface area (Å²) in [6, 6.07) is 5.59. The fourth-order valence-corrected chi connectivity index (χ4v) is 2.98. The largest absolute Gasteiger partial charge is 0.341 e. The molecule has 17 heavy (non-hydrogen) atoms. The maximum atomic E-state index is 11.6. The Labute approximate surface area is 119 Å². The highest BCUT2D eigenvalue weighted by Crippen LogP contribution is 2.26. The monoisotopic (exact) mass is 335 g/mol. The molecule has 0 aromatic heterocycles. The first kappa shape index (κ1) is 13.2. The highest BCUT2D eigenvalue weighted by molar-refractivity contribution is 9.09. The maximum absolute atomic E-state index is 11.6. The molecule has 2 nitrogen and oxygen atoms in total. The standard InChI is InChI=1S/C12H12BrCl2NO/c13-9-6-11(17)16(7-9)5-4-8-2-1-3-10(14)12(8)15/h1-3,9H,4-7H2. The third-order valence-electron chi connectivity index (χ3n) is 2.85. The minimum absolute atomic E-state index is 0.199. The molecule has 0 N–H and O–H groups in total. The summed E-state index contributed by atoms with van der Waals surface area (Å²) in [6.45, 7) is 1.47. The summed E-state index contributed by atoms with van der Waals surface area (Å²) in [4.78, 5) is 13.7. The van der Waals surface area contributed by atoms with E-state index in [9.17, 15) is 4.79 Å². The molecule has 1 unspecified atom stereocenters. The predicted molar refractivity (Wildman–Crippen MR) is 74.1 cm³/mol. The minimum Gasteiger partial charge on any atom is -0.341 e. The van der Waals surface area contributed by atoms with Crippen LogP contribution in [0.3, 0.4) is 0 Å². The molecule has 1 heterocycles. The summed E-state index contributed by atoms with van der Waals surface area (Å²) in [5.74, 6) is 0.199. The van der Waals surface area contributed by atoms with Crippen LogP contribution in [0.15, 0.2) is 18.2 Å². The van der Waals surface area contributed by atoms with Gasteiger partial charge in [-0.2, -0.15) is 0 Å². The molecule has 0 spiro atoms. The van der Waals surface area contributed by atoms with Crippen LogP contribution in [0.1, 0.15) is 12.0 Å². The van der Waals surface area contributed by atoms with Crippen molar-refractivity contribution in [1.29, 1.82) is 0 Å². The van der Waals surface area contributed by atoms with E-state index >= 15 is 0 Å². The van der Waals surface area contributed by atoms with E-state index in [1.54, 1.807) is 6.07 Å². The van der Waals surface area contributed by atoms with E-state index in [4.69, 9.17) is 23.2 Å². The summed E-state index contributed by atoms with van der Waals surface area (Å²) >= 11 is 15.5. The quantitative estimate of drug-likeness (QED) is 0.773. The topological polar surface area (TPSA) is 20.3 Å². The van der Waals surface area contributed by atoms with Gasteiger partial charge in [-0.05, 0) is 18.1 Å². The fraction of sp³-hybridized carbons (Fsp3) is 0.417. The van der Waals surface area contributed by atoms with Gasteiger partial charge in [-0.25, -0.2) is 0 Å². The van der Waals surface area contributed by atoms with E-state index in [1.807, 2.05) is 17.0 Å². The Morgan fingerprint density at radius 1 is 1.41 bits per heavy atom. The molecule has 0 bridgehead atoms. The molecule has 92 valence electrons. The van der Waals surface area contributed by atoms with Crippen molar-refractivity contribution < 1.29 is 4.79 Å². The number of hydrogen-bond donors (Lipinski definition) is 0. The predicted octanol–water partition coefficient (Wildman–Crippen LogP) is 3.53. The third kappa shape index (κ3) is 3.15. The molecule has 1 aliphatic heterocycles. The number of halogens is 3. The lowest BCUT2D eigenvalue weighted by atomic mass is 10.1. The number of rotatable bonds is 3. The van der Waals surface area contributed by atoms with Gasteiger partial charge in [-0.3, -0.25) is 4.79 Å². The lowest BCUT2D eigenvalue weighted by Crippen LogP contribution is -2.27. The smallest absolute Gasteiger partial charge is 0.223 e. The van der Waals surface area contributed by atoms with E-state index in [-0.39, 0.29) is 10.7 Å². The number of alkyl halides is 1. The molecule has 2 rings (SSSR count). The van der Waals surface area contributed by atoms with E-state index in [2.05, 4.69) is 15.9 Å². The summed E-state index contributed by atoms with van der Waals surface area (Å²) in [6.07, 6.45) is 1.33. The van der Waals surface area contributed by atoms with Crippen LogP contribution in [-0.4, -0.2) is 28.7 Å². The lowest BCUT2D eigenvalue weighted by Gasteiger charge is -2.16. The van der Waals surface area contributed by atoms with Crippen LogP contribution < -0.4 is 0 Å². The van der Waals surface area contributed by atoms with Crippen LogP contribution in [0.4, 0.5) is 0 Å². The zero-order valence-electron chi connectivity index (χ0n) is 9.13. The molecule has 1 fully saturated rings. The zero-order valence-corrected chi connectivity index (χ0v) is 12.2. The molecule has 1 aliphatic rings. The first-order valence-electron chi connectivity index (χ1n) is 5.42. The third-order valence-corrected chi connectivity index (χ3v) is 4.32. The molecule has 0 radical (unpaired) electrons. The molecule has 5 heteroatoms. The minimum atomic E-state index is 0.199.